The summed E-state index contributed by atoms with van der Waals surface area (Å²) in [5.41, 5.74) is 0.877. The second-order valence-electron chi connectivity index (χ2n) is 6.42. The normalized spacial score (nSPS) is 17.5. The number of pyridine rings is 1. The lowest BCUT2D eigenvalue weighted by molar-refractivity contribution is -0.139. The molecule has 7 heteroatoms. The molecule has 1 aliphatic heterocycles. The summed E-state index contributed by atoms with van der Waals surface area (Å²) < 4.78 is 7.85. The summed E-state index contributed by atoms with van der Waals surface area (Å²) in [4.78, 5) is 25.0. The van der Waals surface area contributed by atoms with Crippen molar-refractivity contribution < 1.29 is 9.53 Å². The highest BCUT2D eigenvalue weighted by atomic mass is 16.5. The summed E-state index contributed by atoms with van der Waals surface area (Å²) in [7, 11) is 3.92. The van der Waals surface area contributed by atoms with Crippen LogP contribution in [0.5, 0.6) is 0 Å². The average Bonchev–Trinajstić information content (AvgIpc) is 3.15. The number of aromatic nitrogens is 3. The zero-order chi connectivity index (χ0) is 17.6. The fourth-order valence-electron chi connectivity index (χ4n) is 2.91. The van der Waals surface area contributed by atoms with E-state index in [1.807, 2.05) is 52.9 Å². The molecule has 0 bridgehead atoms. The highest BCUT2D eigenvalue weighted by Gasteiger charge is 2.26. The number of imidazole rings is 1. The van der Waals surface area contributed by atoms with Crippen molar-refractivity contribution in [3.05, 3.63) is 42.6 Å². The largest absolute Gasteiger partial charge is 0.368 e. The molecule has 3 rings (SSSR count). The monoisotopic (exact) mass is 343 g/mol. The number of morpholine rings is 1. The first-order valence-electron chi connectivity index (χ1n) is 8.63. The summed E-state index contributed by atoms with van der Waals surface area (Å²) in [6.07, 6.45) is 6.63. The third kappa shape index (κ3) is 4.57. The van der Waals surface area contributed by atoms with Crippen LogP contribution in [0.3, 0.4) is 0 Å². The van der Waals surface area contributed by atoms with Crippen molar-refractivity contribution in [3.63, 3.8) is 0 Å². The van der Waals surface area contributed by atoms with Crippen molar-refractivity contribution in [2.24, 2.45) is 0 Å². The molecular formula is C18H25N5O2. The first kappa shape index (κ1) is 17.4. The van der Waals surface area contributed by atoms with Gasteiger partial charge in [0.15, 0.2) is 0 Å². The molecule has 134 valence electrons. The molecule has 0 radical (unpaired) electrons. The Morgan fingerprint density at radius 1 is 1.40 bits per heavy atom. The van der Waals surface area contributed by atoms with E-state index in [2.05, 4.69) is 9.97 Å². The number of carbonyl (C=O) groups is 1. The molecule has 1 fully saturated rings. The Hall–Kier alpha value is -2.41. The van der Waals surface area contributed by atoms with Gasteiger partial charge in [0.1, 0.15) is 11.9 Å². The molecule has 2 aromatic heterocycles. The molecule has 3 heterocycles. The number of anilines is 1. The highest BCUT2D eigenvalue weighted by Crippen LogP contribution is 2.23. The summed E-state index contributed by atoms with van der Waals surface area (Å²) in [6, 6.07) is 5.91. The fraction of sp³-hybridized carbons (Fsp3) is 0.500. The van der Waals surface area contributed by atoms with E-state index in [1.165, 1.54) is 0 Å². The third-order valence-corrected chi connectivity index (χ3v) is 4.33. The average molecular weight is 343 g/mol. The van der Waals surface area contributed by atoms with E-state index in [0.717, 1.165) is 24.5 Å². The Kier molecular flexibility index (Phi) is 5.65. The second kappa shape index (κ2) is 8.11. The van der Waals surface area contributed by atoms with Gasteiger partial charge in [-0.05, 0) is 18.6 Å². The number of ether oxygens (including phenoxy) is 1. The molecule has 0 spiro atoms. The smallest absolute Gasteiger partial charge is 0.222 e. The predicted molar refractivity (Wildman–Crippen MR) is 95.3 cm³/mol. The first-order chi connectivity index (χ1) is 12.1. The van der Waals surface area contributed by atoms with Gasteiger partial charge in [0, 0.05) is 46.0 Å². The van der Waals surface area contributed by atoms with Crippen molar-refractivity contribution in [2.45, 2.75) is 25.5 Å². The van der Waals surface area contributed by atoms with E-state index in [1.54, 1.807) is 12.5 Å². The molecule has 1 amide bonds. The van der Waals surface area contributed by atoms with Crippen LogP contribution in [0.2, 0.25) is 0 Å². The number of carbonyl (C=O) groups excluding carboxylic acids is 1. The van der Waals surface area contributed by atoms with Crippen LogP contribution in [-0.2, 0) is 16.1 Å². The van der Waals surface area contributed by atoms with Gasteiger partial charge in [0.05, 0.1) is 25.2 Å². The molecule has 0 saturated carbocycles. The molecule has 1 saturated heterocycles. The summed E-state index contributed by atoms with van der Waals surface area (Å²) in [5, 5.41) is 0. The van der Waals surface area contributed by atoms with Crippen molar-refractivity contribution in [3.8, 4) is 0 Å². The number of aryl methyl sites for hydroxylation is 1. The summed E-state index contributed by atoms with van der Waals surface area (Å²) in [5.74, 6) is 1.07. The van der Waals surface area contributed by atoms with Crippen LogP contribution in [0.25, 0.3) is 0 Å². The third-order valence-electron chi connectivity index (χ3n) is 4.33. The molecule has 0 aliphatic carbocycles. The lowest BCUT2D eigenvalue weighted by Gasteiger charge is -2.33. The quantitative estimate of drug-likeness (QED) is 0.799. The lowest BCUT2D eigenvalue weighted by Crippen LogP contribution is -2.42. The Morgan fingerprint density at radius 3 is 3.04 bits per heavy atom. The molecular weight excluding hydrogens is 318 g/mol. The van der Waals surface area contributed by atoms with Gasteiger partial charge in [-0.15, -0.1) is 0 Å². The van der Waals surface area contributed by atoms with Gasteiger partial charge >= 0.3 is 0 Å². The number of nitrogens with zero attached hydrogens (tertiary/aromatic N) is 5. The molecule has 1 aliphatic rings. The standard InChI is InChI=1S/C18H25N5O2/c1-21(2)17-6-3-5-15(20-17)16-13-23(11-12-25-16)18(24)7-4-9-22-10-8-19-14-22/h3,5-6,8,10,14,16H,4,7,9,11-13H2,1-2H3/t16-/m1/s1. The summed E-state index contributed by atoms with van der Waals surface area (Å²) in [6.45, 7) is 2.57. The molecule has 1 atom stereocenters. The van der Waals surface area contributed by atoms with E-state index >= 15 is 0 Å². The van der Waals surface area contributed by atoms with Crippen LogP contribution in [0.4, 0.5) is 5.82 Å². The molecule has 0 unspecified atom stereocenters. The zero-order valence-corrected chi connectivity index (χ0v) is 14.8. The van der Waals surface area contributed by atoms with Crippen LogP contribution in [0.1, 0.15) is 24.6 Å². The minimum atomic E-state index is -0.161. The van der Waals surface area contributed by atoms with Gasteiger partial charge in [-0.3, -0.25) is 4.79 Å². The first-order valence-corrected chi connectivity index (χ1v) is 8.63. The van der Waals surface area contributed by atoms with Gasteiger partial charge in [0.2, 0.25) is 5.91 Å². The van der Waals surface area contributed by atoms with Crippen molar-refractivity contribution in [1.29, 1.82) is 0 Å². The van der Waals surface area contributed by atoms with Crippen molar-refractivity contribution >= 4 is 11.7 Å². The van der Waals surface area contributed by atoms with E-state index in [0.29, 0.717) is 26.1 Å². The van der Waals surface area contributed by atoms with E-state index in [-0.39, 0.29) is 12.0 Å². The summed E-state index contributed by atoms with van der Waals surface area (Å²) >= 11 is 0. The Labute approximate surface area is 148 Å². The van der Waals surface area contributed by atoms with Gasteiger partial charge < -0.3 is 19.1 Å². The number of rotatable bonds is 6. The number of hydrogen-bond donors (Lipinski definition) is 0. The van der Waals surface area contributed by atoms with Crippen LogP contribution in [0.15, 0.2) is 36.9 Å². The molecule has 0 N–H and O–H groups in total. The van der Waals surface area contributed by atoms with Gasteiger partial charge in [-0.1, -0.05) is 6.07 Å². The van der Waals surface area contributed by atoms with Crippen molar-refractivity contribution in [1.82, 2.24) is 19.4 Å². The van der Waals surface area contributed by atoms with Gasteiger partial charge in [-0.2, -0.15) is 0 Å². The predicted octanol–water partition coefficient (Wildman–Crippen LogP) is 1.72. The van der Waals surface area contributed by atoms with E-state index in [9.17, 15) is 4.79 Å². The maximum Gasteiger partial charge on any atom is 0.222 e. The van der Waals surface area contributed by atoms with E-state index in [4.69, 9.17) is 4.74 Å². The second-order valence-corrected chi connectivity index (χ2v) is 6.42. The Balaban J connectivity index is 1.55. The maximum atomic E-state index is 12.5. The number of amides is 1. The van der Waals surface area contributed by atoms with Gasteiger partial charge in [-0.25, -0.2) is 9.97 Å². The molecule has 0 aromatic carbocycles. The Morgan fingerprint density at radius 2 is 2.28 bits per heavy atom. The van der Waals surface area contributed by atoms with E-state index < -0.39 is 0 Å². The van der Waals surface area contributed by atoms with Gasteiger partial charge in [0.25, 0.3) is 0 Å². The van der Waals surface area contributed by atoms with Crippen molar-refractivity contribution in [2.75, 3.05) is 38.7 Å². The lowest BCUT2D eigenvalue weighted by atomic mass is 10.1. The zero-order valence-electron chi connectivity index (χ0n) is 14.8. The molecule has 25 heavy (non-hydrogen) atoms. The Bertz CT molecular complexity index is 687. The fourth-order valence-corrected chi connectivity index (χ4v) is 2.91. The number of hydrogen-bond acceptors (Lipinski definition) is 5. The topological polar surface area (TPSA) is 63.5 Å². The minimum Gasteiger partial charge on any atom is -0.368 e. The highest BCUT2D eigenvalue weighted by molar-refractivity contribution is 5.76. The van der Waals surface area contributed by atoms with Crippen LogP contribution in [0, 0.1) is 0 Å². The molecule has 2 aromatic rings. The minimum absolute atomic E-state index is 0.161. The van der Waals surface area contributed by atoms with Crippen LogP contribution < -0.4 is 4.90 Å². The maximum absolute atomic E-state index is 12.5. The SMILES string of the molecule is CN(C)c1cccc([C@H]2CN(C(=O)CCCn3ccnc3)CCO2)n1. The van der Waals surface area contributed by atoms with Crippen LogP contribution >= 0.6 is 0 Å². The molecule has 7 nitrogen and oxygen atoms in total. The van der Waals surface area contributed by atoms with Crippen LogP contribution in [-0.4, -0.2) is 59.1 Å².